The summed E-state index contributed by atoms with van der Waals surface area (Å²) in [4.78, 5) is 14.1. The zero-order valence-electron chi connectivity index (χ0n) is 17.2. The number of anilines is 1. The molecule has 8 heteroatoms. The second-order valence-electron chi connectivity index (χ2n) is 6.79. The Morgan fingerprint density at radius 1 is 1.25 bits per heavy atom. The number of aromatic nitrogens is 2. The molecule has 0 aliphatic carbocycles. The van der Waals surface area contributed by atoms with Gasteiger partial charge in [-0.15, -0.1) is 0 Å². The van der Waals surface area contributed by atoms with Crippen molar-refractivity contribution in [2.45, 2.75) is 33.7 Å². The van der Waals surface area contributed by atoms with Crippen LogP contribution in [0.15, 0.2) is 23.2 Å². The number of aryl methyl sites for hydroxylation is 2. The van der Waals surface area contributed by atoms with E-state index in [9.17, 15) is 0 Å². The summed E-state index contributed by atoms with van der Waals surface area (Å²) in [5, 5.41) is 4.47. The predicted molar refractivity (Wildman–Crippen MR) is 116 cm³/mol. The highest BCUT2D eigenvalue weighted by Crippen LogP contribution is 2.20. The number of hydrogen-bond acceptors (Lipinski definition) is 6. The predicted octanol–water partition coefficient (Wildman–Crippen LogP) is 2.71. The second-order valence-corrected chi connectivity index (χ2v) is 7.53. The van der Waals surface area contributed by atoms with E-state index in [-0.39, 0.29) is 0 Å². The average molecular weight is 403 g/mol. The van der Waals surface area contributed by atoms with Crippen LogP contribution < -0.4 is 15.0 Å². The third-order valence-electron chi connectivity index (χ3n) is 4.83. The molecule has 1 aromatic carbocycles. The van der Waals surface area contributed by atoms with Crippen molar-refractivity contribution in [2.75, 3.05) is 44.7 Å². The lowest BCUT2D eigenvalue weighted by atomic mass is 10.1. The highest BCUT2D eigenvalue weighted by molar-refractivity contribution is 7.09. The molecule has 1 aliphatic rings. The molecule has 1 fully saturated rings. The minimum absolute atomic E-state index is 0.656. The van der Waals surface area contributed by atoms with E-state index in [1.165, 1.54) is 17.1 Å². The molecule has 0 saturated carbocycles. The van der Waals surface area contributed by atoms with Crippen LogP contribution in [0.5, 0.6) is 5.75 Å². The van der Waals surface area contributed by atoms with Crippen LogP contribution in [-0.2, 0) is 13.0 Å². The monoisotopic (exact) mass is 402 g/mol. The zero-order valence-corrected chi connectivity index (χ0v) is 18.1. The van der Waals surface area contributed by atoms with E-state index in [0.29, 0.717) is 6.54 Å². The van der Waals surface area contributed by atoms with E-state index < -0.39 is 0 Å². The number of nitrogens with one attached hydrogen (secondary N) is 1. The molecule has 1 saturated heterocycles. The number of benzene rings is 1. The van der Waals surface area contributed by atoms with Gasteiger partial charge in [-0.25, -0.2) is 9.98 Å². The number of hydrogen-bond donors (Lipinski definition) is 1. The number of aliphatic imine (C=N–C) groups is 1. The van der Waals surface area contributed by atoms with Gasteiger partial charge >= 0.3 is 0 Å². The van der Waals surface area contributed by atoms with Gasteiger partial charge in [-0.2, -0.15) is 4.37 Å². The molecule has 1 aromatic heterocycles. The van der Waals surface area contributed by atoms with Crippen LogP contribution >= 0.6 is 11.5 Å². The summed E-state index contributed by atoms with van der Waals surface area (Å²) in [5.41, 5.74) is 2.32. The molecule has 3 rings (SSSR count). The molecule has 0 atom stereocenters. The van der Waals surface area contributed by atoms with E-state index >= 15 is 0 Å². The van der Waals surface area contributed by atoms with Crippen LogP contribution in [0.1, 0.15) is 30.8 Å². The summed E-state index contributed by atoms with van der Waals surface area (Å²) in [6.45, 7) is 11.5. The normalized spacial score (nSPS) is 15.1. The number of rotatable bonds is 6. The molecule has 1 N–H and O–H groups in total. The molecular weight excluding hydrogens is 372 g/mol. The van der Waals surface area contributed by atoms with E-state index in [0.717, 1.165) is 67.4 Å². The summed E-state index contributed by atoms with van der Waals surface area (Å²) in [6.07, 6.45) is 0.887. The van der Waals surface area contributed by atoms with Crippen LogP contribution in [0.3, 0.4) is 0 Å². The van der Waals surface area contributed by atoms with Gasteiger partial charge < -0.3 is 19.9 Å². The van der Waals surface area contributed by atoms with Crippen LogP contribution in [0.2, 0.25) is 0 Å². The lowest BCUT2D eigenvalue weighted by molar-refractivity contribution is 0.372. The Morgan fingerprint density at radius 3 is 2.64 bits per heavy atom. The van der Waals surface area contributed by atoms with E-state index in [1.807, 2.05) is 6.07 Å². The van der Waals surface area contributed by atoms with Gasteiger partial charge in [0.2, 0.25) is 5.13 Å². The second kappa shape index (κ2) is 9.73. The fourth-order valence-electron chi connectivity index (χ4n) is 3.26. The van der Waals surface area contributed by atoms with Gasteiger partial charge in [-0.05, 0) is 31.0 Å². The van der Waals surface area contributed by atoms with Gasteiger partial charge in [0.05, 0.1) is 13.7 Å². The minimum atomic E-state index is 0.656. The first kappa shape index (κ1) is 20.4. The molecular formula is C20H30N6OS. The molecule has 7 nitrogen and oxygen atoms in total. The molecule has 28 heavy (non-hydrogen) atoms. The van der Waals surface area contributed by atoms with Gasteiger partial charge in [0, 0.05) is 50.7 Å². The summed E-state index contributed by atoms with van der Waals surface area (Å²) in [6, 6.07) is 6.24. The van der Waals surface area contributed by atoms with Gasteiger partial charge in [0.15, 0.2) is 5.96 Å². The molecule has 0 amide bonds. The zero-order chi connectivity index (χ0) is 19.9. The van der Waals surface area contributed by atoms with Gasteiger partial charge in [0.1, 0.15) is 11.6 Å². The summed E-state index contributed by atoms with van der Waals surface area (Å²) >= 11 is 1.50. The molecule has 0 bridgehead atoms. The Hall–Kier alpha value is -2.35. The fraction of sp³-hybridized carbons (Fsp3) is 0.550. The van der Waals surface area contributed by atoms with Crippen LogP contribution in [0, 0.1) is 6.92 Å². The van der Waals surface area contributed by atoms with Crippen LogP contribution in [0.25, 0.3) is 0 Å². The van der Waals surface area contributed by atoms with Gasteiger partial charge in [-0.1, -0.05) is 19.1 Å². The Labute approximate surface area is 171 Å². The third kappa shape index (κ3) is 4.92. The lowest BCUT2D eigenvalue weighted by Crippen LogP contribution is -2.52. The maximum absolute atomic E-state index is 5.34. The number of guanidine groups is 1. The first-order valence-corrected chi connectivity index (χ1v) is 10.7. The highest BCUT2D eigenvalue weighted by atomic mass is 32.1. The third-order valence-corrected chi connectivity index (χ3v) is 5.64. The molecule has 2 heterocycles. The topological polar surface area (TPSA) is 65.9 Å². The Bertz CT molecular complexity index is 798. The molecule has 1 aliphatic heterocycles. The molecule has 0 spiro atoms. The SMILES string of the molecule is CCNC(=NCc1ccc(OC)c(C)c1)N1CCN(c2nc(CC)ns2)CC1. The fourth-order valence-corrected chi connectivity index (χ4v) is 4.06. The van der Waals surface area contributed by atoms with Gasteiger partial charge in [0.25, 0.3) is 0 Å². The minimum Gasteiger partial charge on any atom is -0.496 e. The maximum atomic E-state index is 5.34. The van der Waals surface area contributed by atoms with Crippen molar-refractivity contribution in [2.24, 2.45) is 4.99 Å². The number of ether oxygens (including phenoxy) is 1. The molecule has 2 aromatic rings. The molecule has 0 unspecified atom stereocenters. The Morgan fingerprint density at radius 2 is 2.04 bits per heavy atom. The van der Waals surface area contributed by atoms with Crippen LogP contribution in [-0.4, -0.2) is 60.1 Å². The summed E-state index contributed by atoms with van der Waals surface area (Å²) in [7, 11) is 1.70. The van der Waals surface area contributed by atoms with E-state index in [1.54, 1.807) is 7.11 Å². The standard InChI is InChI=1S/C20H30N6OS/c1-5-18-23-20(28-24-18)26-11-9-25(10-12-26)19(21-6-2)22-14-16-7-8-17(27-4)15(3)13-16/h7-8,13H,5-6,9-12,14H2,1-4H3,(H,21,22). The van der Waals surface area contributed by atoms with Crippen molar-refractivity contribution in [1.29, 1.82) is 0 Å². The molecule has 152 valence electrons. The Kier molecular flexibility index (Phi) is 7.08. The van der Waals surface area contributed by atoms with Gasteiger partial charge in [-0.3, -0.25) is 0 Å². The molecule has 0 radical (unpaired) electrons. The average Bonchev–Trinajstić information content (AvgIpc) is 3.21. The number of piperazine rings is 1. The van der Waals surface area contributed by atoms with Crippen molar-refractivity contribution in [3.8, 4) is 5.75 Å². The first-order chi connectivity index (χ1) is 13.6. The quantitative estimate of drug-likeness (QED) is 0.592. The van der Waals surface area contributed by atoms with E-state index in [4.69, 9.17) is 9.73 Å². The van der Waals surface area contributed by atoms with Crippen LogP contribution in [0.4, 0.5) is 5.13 Å². The summed E-state index contributed by atoms with van der Waals surface area (Å²) in [5.74, 6) is 2.83. The van der Waals surface area contributed by atoms with Crippen molar-refractivity contribution >= 4 is 22.6 Å². The largest absolute Gasteiger partial charge is 0.496 e. The number of nitrogens with zero attached hydrogens (tertiary/aromatic N) is 5. The maximum Gasteiger partial charge on any atom is 0.205 e. The van der Waals surface area contributed by atoms with Crippen molar-refractivity contribution in [1.82, 2.24) is 19.6 Å². The first-order valence-electron chi connectivity index (χ1n) is 9.88. The Balaban J connectivity index is 1.62. The number of methoxy groups -OCH3 is 1. The van der Waals surface area contributed by atoms with Crippen molar-refractivity contribution < 1.29 is 4.74 Å². The van der Waals surface area contributed by atoms with Crippen molar-refractivity contribution in [3.05, 3.63) is 35.2 Å². The lowest BCUT2D eigenvalue weighted by Gasteiger charge is -2.36. The van der Waals surface area contributed by atoms with Crippen molar-refractivity contribution in [3.63, 3.8) is 0 Å². The van der Waals surface area contributed by atoms with E-state index in [2.05, 4.69) is 57.4 Å². The highest BCUT2D eigenvalue weighted by Gasteiger charge is 2.22. The summed E-state index contributed by atoms with van der Waals surface area (Å²) < 4.78 is 9.75. The smallest absolute Gasteiger partial charge is 0.205 e.